The molecule has 8 rings (SSSR count). The molecule has 3 N–H and O–H groups in total. The topological polar surface area (TPSA) is 165 Å². The number of thiophene rings is 2. The molecule has 0 radical (unpaired) electrons. The Morgan fingerprint density at radius 2 is 1.13 bits per heavy atom. The highest BCUT2D eigenvalue weighted by atomic mass is 32.1. The second kappa shape index (κ2) is 18.0. The van der Waals surface area contributed by atoms with Crippen molar-refractivity contribution in [1.29, 1.82) is 0 Å². The first-order valence-corrected chi connectivity index (χ1v) is 21.0. The molecule has 304 valence electrons. The SMILES string of the molecule is Cc1ccc(-c2ccnc3c(C(=O)c4cccs4)cnn23)cc1NC(=O)CC(C)C.Cc1ccc(-c2ccnc3c(C(=O)c4cccs4)cnn23)cc1NC(=O)NC(C)C. The Kier molecular flexibility index (Phi) is 12.4. The van der Waals surface area contributed by atoms with Crippen molar-refractivity contribution in [3.8, 4) is 22.5 Å². The highest BCUT2D eigenvalue weighted by Gasteiger charge is 2.21. The van der Waals surface area contributed by atoms with Gasteiger partial charge in [-0.1, -0.05) is 50.2 Å². The first kappa shape index (κ1) is 41.3. The maximum Gasteiger partial charge on any atom is 0.319 e. The first-order valence-electron chi connectivity index (χ1n) is 19.3. The Bertz CT molecular complexity index is 2650. The van der Waals surface area contributed by atoms with E-state index in [1.165, 1.54) is 22.7 Å². The minimum absolute atomic E-state index is 0.00644. The fourth-order valence-electron chi connectivity index (χ4n) is 6.45. The molecule has 0 aliphatic carbocycles. The van der Waals surface area contributed by atoms with Gasteiger partial charge in [0.1, 0.15) is 0 Å². The third-order valence-corrected chi connectivity index (χ3v) is 11.1. The van der Waals surface area contributed by atoms with Gasteiger partial charge in [-0.3, -0.25) is 14.4 Å². The minimum Gasteiger partial charge on any atom is -0.336 e. The van der Waals surface area contributed by atoms with Crippen molar-refractivity contribution >= 4 is 68.8 Å². The van der Waals surface area contributed by atoms with Gasteiger partial charge in [-0.15, -0.1) is 22.7 Å². The average molecular weight is 838 g/mol. The Morgan fingerprint density at radius 1 is 0.650 bits per heavy atom. The first-order chi connectivity index (χ1) is 28.9. The van der Waals surface area contributed by atoms with Gasteiger partial charge in [-0.25, -0.2) is 23.8 Å². The van der Waals surface area contributed by atoms with Crippen LogP contribution in [0.5, 0.6) is 0 Å². The van der Waals surface area contributed by atoms with E-state index in [9.17, 15) is 19.2 Å². The van der Waals surface area contributed by atoms with E-state index in [1.54, 1.807) is 46.0 Å². The van der Waals surface area contributed by atoms with Crippen molar-refractivity contribution in [2.24, 2.45) is 5.92 Å². The molecule has 0 unspecified atom stereocenters. The predicted octanol–water partition coefficient (Wildman–Crippen LogP) is 9.51. The average Bonchev–Trinajstić information content (AvgIpc) is 4.06. The zero-order valence-corrected chi connectivity index (χ0v) is 35.5. The molecule has 0 aliphatic heterocycles. The maximum absolute atomic E-state index is 12.8. The number of ketones is 2. The minimum atomic E-state index is -0.256. The van der Waals surface area contributed by atoms with Crippen molar-refractivity contribution in [1.82, 2.24) is 34.5 Å². The summed E-state index contributed by atoms with van der Waals surface area (Å²) in [4.78, 5) is 60.1. The summed E-state index contributed by atoms with van der Waals surface area (Å²) in [6.07, 6.45) is 6.92. The van der Waals surface area contributed by atoms with Crippen LogP contribution in [0, 0.1) is 19.8 Å². The van der Waals surface area contributed by atoms with Gasteiger partial charge in [0.05, 0.1) is 44.7 Å². The van der Waals surface area contributed by atoms with E-state index in [4.69, 9.17) is 0 Å². The number of aryl methyl sites for hydroxylation is 2. The zero-order valence-electron chi connectivity index (χ0n) is 33.9. The third kappa shape index (κ3) is 9.07. The number of anilines is 2. The molecule has 15 heteroatoms. The summed E-state index contributed by atoms with van der Waals surface area (Å²) < 4.78 is 3.33. The van der Waals surface area contributed by atoms with Crippen LogP contribution in [0.3, 0.4) is 0 Å². The number of fused-ring (bicyclic) bond motifs is 2. The Hall–Kier alpha value is -6.84. The fourth-order valence-corrected chi connectivity index (χ4v) is 7.80. The number of carbonyl (C=O) groups excluding carboxylic acids is 4. The number of nitrogens with one attached hydrogen (secondary N) is 3. The van der Waals surface area contributed by atoms with Crippen molar-refractivity contribution < 1.29 is 19.2 Å². The van der Waals surface area contributed by atoms with Crippen molar-refractivity contribution in [2.45, 2.75) is 54.0 Å². The zero-order chi connectivity index (χ0) is 42.5. The van der Waals surface area contributed by atoms with Gasteiger partial charge < -0.3 is 16.0 Å². The standard InChI is InChI=1S/C23H22N4O2S.C22H21N5O2S/c1-14(2)11-21(28)26-18-12-16(7-6-15(18)3)19-8-9-24-23-17(13-25-27(19)23)22(29)20-5-4-10-30-20;1-13(2)25-22(29)26-17-11-15(7-6-14(17)3)18-8-9-23-21-16(12-24-27(18)21)20(28)19-5-4-10-30-19/h4-10,12-14H,11H2,1-3H3,(H,26,28);4-13H,1-3H3,(H2,25,26,29). The Balaban J connectivity index is 0.000000181. The molecule has 0 aliphatic rings. The molecular weight excluding hydrogens is 795 g/mol. The van der Waals surface area contributed by atoms with Crippen LogP contribution in [-0.4, -0.2) is 58.7 Å². The van der Waals surface area contributed by atoms with Crippen LogP contribution in [0.1, 0.15) is 75.7 Å². The number of urea groups is 1. The van der Waals surface area contributed by atoms with Crippen LogP contribution in [0.25, 0.3) is 33.8 Å². The molecule has 6 heterocycles. The van der Waals surface area contributed by atoms with Crippen molar-refractivity contribution in [2.75, 3.05) is 10.6 Å². The van der Waals surface area contributed by atoms with Crippen molar-refractivity contribution in [3.63, 3.8) is 0 Å². The second-order valence-corrected chi connectivity index (χ2v) is 16.7. The monoisotopic (exact) mass is 837 g/mol. The van der Waals surface area contributed by atoms with Gasteiger partial charge in [0.2, 0.25) is 17.5 Å². The molecule has 0 fully saturated rings. The number of hydrogen-bond donors (Lipinski definition) is 3. The predicted molar refractivity (Wildman–Crippen MR) is 237 cm³/mol. The number of rotatable bonds is 11. The van der Waals surface area contributed by atoms with Crippen LogP contribution < -0.4 is 16.0 Å². The third-order valence-electron chi connectivity index (χ3n) is 9.38. The summed E-state index contributed by atoms with van der Waals surface area (Å²) in [6, 6.07) is 22.4. The van der Waals surface area contributed by atoms with E-state index >= 15 is 0 Å². The lowest BCUT2D eigenvalue weighted by molar-refractivity contribution is -0.116. The highest BCUT2D eigenvalue weighted by Crippen LogP contribution is 2.29. The molecule has 0 saturated carbocycles. The number of carbonyl (C=O) groups is 4. The summed E-state index contributed by atoms with van der Waals surface area (Å²) in [5.74, 6) is 0.0983. The van der Waals surface area contributed by atoms with Gasteiger partial charge >= 0.3 is 6.03 Å². The van der Waals surface area contributed by atoms with Crippen LogP contribution in [0.15, 0.2) is 108 Å². The molecule has 0 bridgehead atoms. The number of amides is 3. The summed E-state index contributed by atoms with van der Waals surface area (Å²) in [7, 11) is 0. The Morgan fingerprint density at radius 3 is 1.57 bits per heavy atom. The highest BCUT2D eigenvalue weighted by molar-refractivity contribution is 7.12. The lowest BCUT2D eigenvalue weighted by Crippen LogP contribution is -2.34. The Labute approximate surface area is 354 Å². The molecule has 0 saturated heterocycles. The van der Waals surface area contributed by atoms with E-state index in [0.717, 1.165) is 39.3 Å². The van der Waals surface area contributed by atoms with E-state index in [2.05, 4.69) is 36.1 Å². The summed E-state index contributed by atoms with van der Waals surface area (Å²) >= 11 is 2.79. The molecule has 8 aromatic rings. The number of benzene rings is 2. The van der Waals surface area contributed by atoms with E-state index in [0.29, 0.717) is 44.3 Å². The number of nitrogens with zero attached hydrogens (tertiary/aromatic N) is 6. The maximum atomic E-state index is 12.8. The fraction of sp³-hybridized carbons (Fsp3) is 0.200. The van der Waals surface area contributed by atoms with Gasteiger partial charge in [-0.05, 0) is 91.9 Å². The molecule has 6 aromatic heterocycles. The van der Waals surface area contributed by atoms with Gasteiger partial charge in [0.25, 0.3) is 0 Å². The largest absolute Gasteiger partial charge is 0.336 e. The number of aromatic nitrogens is 6. The summed E-state index contributed by atoms with van der Waals surface area (Å²) in [6.45, 7) is 11.7. The van der Waals surface area contributed by atoms with Gasteiger partial charge in [-0.2, -0.15) is 10.2 Å². The molecule has 2 aromatic carbocycles. The van der Waals surface area contributed by atoms with Gasteiger partial charge in [0.15, 0.2) is 11.3 Å². The molecule has 3 amide bonds. The molecule has 0 spiro atoms. The van der Waals surface area contributed by atoms with Crippen molar-refractivity contribution in [3.05, 3.63) is 140 Å². The number of hydrogen-bond acceptors (Lipinski definition) is 10. The van der Waals surface area contributed by atoms with Crippen LogP contribution in [0.2, 0.25) is 0 Å². The summed E-state index contributed by atoms with van der Waals surface area (Å²) in [5.41, 5.74) is 8.64. The van der Waals surface area contributed by atoms with E-state index in [-0.39, 0.29) is 35.5 Å². The quantitative estimate of drug-likeness (QED) is 0.108. The van der Waals surface area contributed by atoms with E-state index < -0.39 is 0 Å². The molecule has 0 atom stereocenters. The van der Waals surface area contributed by atoms with Crippen LogP contribution in [0.4, 0.5) is 16.2 Å². The smallest absolute Gasteiger partial charge is 0.319 e. The lowest BCUT2D eigenvalue weighted by atomic mass is 10.1. The summed E-state index contributed by atoms with van der Waals surface area (Å²) in [5, 5.41) is 21.3. The molecule has 60 heavy (non-hydrogen) atoms. The van der Waals surface area contributed by atoms with E-state index in [1.807, 2.05) is 113 Å². The van der Waals surface area contributed by atoms with Crippen LogP contribution >= 0.6 is 22.7 Å². The second-order valence-electron chi connectivity index (χ2n) is 14.8. The normalized spacial score (nSPS) is 11.1. The lowest BCUT2D eigenvalue weighted by Gasteiger charge is -2.13. The van der Waals surface area contributed by atoms with Gasteiger partial charge in [0, 0.05) is 47.4 Å². The molecule has 13 nitrogen and oxygen atoms in total. The van der Waals surface area contributed by atoms with Crippen LogP contribution in [-0.2, 0) is 4.79 Å². The molecular formula is C45H43N9O4S2.